The number of pyridine rings is 1. The van der Waals surface area contributed by atoms with Gasteiger partial charge in [-0.2, -0.15) is 0 Å². The zero-order valence-corrected chi connectivity index (χ0v) is 16.0. The summed E-state index contributed by atoms with van der Waals surface area (Å²) in [5.41, 5.74) is 4.21. The van der Waals surface area contributed by atoms with Crippen LogP contribution < -0.4 is 15.0 Å². The average molecular weight is 378 g/mol. The van der Waals surface area contributed by atoms with Gasteiger partial charge in [0, 0.05) is 38.9 Å². The van der Waals surface area contributed by atoms with Gasteiger partial charge >= 0.3 is 0 Å². The maximum Gasteiger partial charge on any atom is 0.253 e. The van der Waals surface area contributed by atoms with Crippen molar-refractivity contribution in [3.63, 3.8) is 0 Å². The van der Waals surface area contributed by atoms with Crippen LogP contribution in [-0.4, -0.2) is 35.1 Å². The van der Waals surface area contributed by atoms with Crippen LogP contribution >= 0.6 is 0 Å². The van der Waals surface area contributed by atoms with Crippen molar-refractivity contribution in [2.75, 3.05) is 18.0 Å². The maximum absolute atomic E-state index is 11.8. The Labute approximate surface area is 162 Å². The van der Waals surface area contributed by atoms with Crippen molar-refractivity contribution in [3.05, 3.63) is 47.0 Å². The second-order valence-electron chi connectivity index (χ2n) is 7.47. The van der Waals surface area contributed by atoms with Crippen LogP contribution in [0.4, 0.5) is 5.82 Å². The van der Waals surface area contributed by atoms with Crippen molar-refractivity contribution in [1.82, 2.24) is 15.3 Å². The van der Waals surface area contributed by atoms with E-state index in [1.807, 2.05) is 38.1 Å². The van der Waals surface area contributed by atoms with Gasteiger partial charge in [0.2, 0.25) is 0 Å². The molecular weight excluding hydrogens is 356 g/mol. The Bertz CT molecular complexity index is 1070. The molecular formula is C21H22N4O3. The molecule has 144 valence electrons. The summed E-state index contributed by atoms with van der Waals surface area (Å²) in [6.45, 7) is 6.14. The second-order valence-corrected chi connectivity index (χ2v) is 7.47. The Morgan fingerprint density at radius 2 is 2.00 bits per heavy atom. The molecule has 0 atom stereocenters. The SMILES string of the molecule is Cc1nc2cc(OC3CCN(c4nc5c(cc4C)C(=O)NC5)CC3)ccc2o1. The number of oxazole rings is 1. The minimum absolute atomic E-state index is 0.0245. The topological polar surface area (TPSA) is 80.5 Å². The molecule has 1 aromatic carbocycles. The van der Waals surface area contributed by atoms with E-state index in [1.165, 1.54) is 0 Å². The minimum atomic E-state index is -0.0245. The molecule has 0 spiro atoms. The lowest BCUT2D eigenvalue weighted by molar-refractivity contribution is 0.0965. The lowest BCUT2D eigenvalue weighted by atomic mass is 10.1. The van der Waals surface area contributed by atoms with Crippen LogP contribution in [-0.2, 0) is 6.54 Å². The van der Waals surface area contributed by atoms with Crippen LogP contribution in [0, 0.1) is 13.8 Å². The zero-order chi connectivity index (χ0) is 19.3. The third kappa shape index (κ3) is 2.96. The number of carbonyl (C=O) groups excluding carboxylic acids is 1. The number of piperidine rings is 1. The maximum atomic E-state index is 11.8. The fraction of sp³-hybridized carbons (Fsp3) is 0.381. The molecule has 0 bridgehead atoms. The van der Waals surface area contributed by atoms with E-state index < -0.39 is 0 Å². The molecule has 0 saturated carbocycles. The number of benzene rings is 1. The van der Waals surface area contributed by atoms with Crippen LogP contribution in [0.3, 0.4) is 0 Å². The molecule has 5 rings (SSSR count). The molecule has 1 amide bonds. The predicted molar refractivity (Wildman–Crippen MR) is 105 cm³/mol. The number of carbonyl (C=O) groups is 1. The molecule has 1 fully saturated rings. The standard InChI is InChI=1S/C21H22N4O3/c1-12-9-16-18(11-22-21(16)26)24-20(12)25-7-5-14(6-8-25)28-15-3-4-19-17(10-15)23-13(2)27-19/h3-4,9-10,14H,5-8,11H2,1-2H3,(H,22,26). The second kappa shape index (κ2) is 6.51. The van der Waals surface area contributed by atoms with Crippen molar-refractivity contribution in [2.24, 2.45) is 0 Å². The molecule has 0 unspecified atom stereocenters. The van der Waals surface area contributed by atoms with Gasteiger partial charge in [-0.25, -0.2) is 9.97 Å². The fourth-order valence-electron chi connectivity index (χ4n) is 4.02. The van der Waals surface area contributed by atoms with Crippen molar-refractivity contribution in [1.29, 1.82) is 0 Å². The fourth-order valence-corrected chi connectivity index (χ4v) is 4.02. The van der Waals surface area contributed by atoms with Crippen LogP contribution in [0.5, 0.6) is 5.75 Å². The van der Waals surface area contributed by atoms with E-state index in [0.29, 0.717) is 18.0 Å². The van der Waals surface area contributed by atoms with E-state index in [1.54, 1.807) is 0 Å². The average Bonchev–Trinajstić information content (AvgIpc) is 3.23. The lowest BCUT2D eigenvalue weighted by Gasteiger charge is -2.34. The van der Waals surface area contributed by atoms with Crippen molar-refractivity contribution < 1.29 is 13.9 Å². The number of ether oxygens (including phenoxy) is 1. The minimum Gasteiger partial charge on any atom is -0.490 e. The van der Waals surface area contributed by atoms with Gasteiger partial charge in [0.1, 0.15) is 23.2 Å². The molecule has 1 N–H and O–H groups in total. The Morgan fingerprint density at radius 3 is 2.82 bits per heavy atom. The van der Waals surface area contributed by atoms with Gasteiger partial charge in [0.25, 0.3) is 5.91 Å². The van der Waals surface area contributed by atoms with E-state index in [2.05, 4.69) is 15.2 Å². The number of hydrogen-bond acceptors (Lipinski definition) is 6. The highest BCUT2D eigenvalue weighted by atomic mass is 16.5. The van der Waals surface area contributed by atoms with Gasteiger partial charge in [-0.05, 0) is 30.7 Å². The first kappa shape index (κ1) is 17.0. The van der Waals surface area contributed by atoms with Gasteiger partial charge < -0.3 is 19.4 Å². The number of aryl methyl sites for hydroxylation is 2. The molecule has 28 heavy (non-hydrogen) atoms. The zero-order valence-electron chi connectivity index (χ0n) is 16.0. The first-order valence-corrected chi connectivity index (χ1v) is 9.64. The normalized spacial score (nSPS) is 17.1. The Kier molecular flexibility index (Phi) is 3.96. The number of rotatable bonds is 3. The highest BCUT2D eigenvalue weighted by molar-refractivity contribution is 5.98. The van der Waals surface area contributed by atoms with Crippen molar-refractivity contribution >= 4 is 22.8 Å². The Hall–Kier alpha value is -3.09. The molecule has 2 aliphatic rings. The van der Waals surface area contributed by atoms with Crippen LogP contribution in [0.25, 0.3) is 11.1 Å². The van der Waals surface area contributed by atoms with Crippen LogP contribution in [0.1, 0.15) is 40.3 Å². The smallest absolute Gasteiger partial charge is 0.253 e. The molecule has 0 radical (unpaired) electrons. The first-order chi connectivity index (χ1) is 13.6. The Morgan fingerprint density at radius 1 is 1.18 bits per heavy atom. The third-order valence-corrected chi connectivity index (χ3v) is 5.44. The molecule has 2 aliphatic heterocycles. The van der Waals surface area contributed by atoms with Gasteiger partial charge in [-0.15, -0.1) is 0 Å². The van der Waals surface area contributed by atoms with Gasteiger partial charge in [-0.3, -0.25) is 4.79 Å². The van der Waals surface area contributed by atoms with Crippen LogP contribution in [0.2, 0.25) is 0 Å². The van der Waals surface area contributed by atoms with Gasteiger partial charge in [-0.1, -0.05) is 0 Å². The number of aromatic nitrogens is 2. The number of nitrogens with zero attached hydrogens (tertiary/aromatic N) is 3. The van der Waals surface area contributed by atoms with E-state index >= 15 is 0 Å². The van der Waals surface area contributed by atoms with E-state index in [0.717, 1.165) is 59.9 Å². The van der Waals surface area contributed by atoms with E-state index in [4.69, 9.17) is 14.1 Å². The highest BCUT2D eigenvalue weighted by Crippen LogP contribution is 2.28. The van der Waals surface area contributed by atoms with E-state index in [-0.39, 0.29) is 12.0 Å². The number of hydrogen-bond donors (Lipinski definition) is 1. The summed E-state index contributed by atoms with van der Waals surface area (Å²) >= 11 is 0. The largest absolute Gasteiger partial charge is 0.490 e. The van der Waals surface area contributed by atoms with Gasteiger partial charge in [0.05, 0.1) is 17.8 Å². The summed E-state index contributed by atoms with van der Waals surface area (Å²) < 4.78 is 11.7. The van der Waals surface area contributed by atoms with Crippen molar-refractivity contribution in [3.8, 4) is 5.75 Å². The van der Waals surface area contributed by atoms with Crippen LogP contribution in [0.15, 0.2) is 28.7 Å². The highest BCUT2D eigenvalue weighted by Gasteiger charge is 2.26. The number of nitrogens with one attached hydrogen (secondary N) is 1. The summed E-state index contributed by atoms with van der Waals surface area (Å²) in [7, 11) is 0. The van der Waals surface area contributed by atoms with E-state index in [9.17, 15) is 4.79 Å². The summed E-state index contributed by atoms with van der Waals surface area (Å²) in [4.78, 5) is 23.2. The molecule has 1 saturated heterocycles. The summed E-state index contributed by atoms with van der Waals surface area (Å²) in [6.07, 6.45) is 2.01. The lowest BCUT2D eigenvalue weighted by Crippen LogP contribution is -2.39. The molecule has 7 heteroatoms. The first-order valence-electron chi connectivity index (χ1n) is 9.64. The molecule has 4 heterocycles. The van der Waals surface area contributed by atoms with Crippen molar-refractivity contribution in [2.45, 2.75) is 39.3 Å². The third-order valence-electron chi connectivity index (χ3n) is 5.44. The number of anilines is 1. The number of amides is 1. The molecule has 7 nitrogen and oxygen atoms in total. The summed E-state index contributed by atoms with van der Waals surface area (Å²) in [5, 5.41) is 2.84. The van der Waals surface area contributed by atoms with Gasteiger partial charge in [0.15, 0.2) is 11.5 Å². The molecule has 3 aromatic rings. The monoisotopic (exact) mass is 378 g/mol. The Balaban J connectivity index is 1.26. The summed E-state index contributed by atoms with van der Waals surface area (Å²) in [5.74, 6) is 2.45. The predicted octanol–water partition coefficient (Wildman–Crippen LogP) is 3.13. The number of fused-ring (bicyclic) bond motifs is 2. The summed E-state index contributed by atoms with van der Waals surface area (Å²) in [6, 6.07) is 7.74. The quantitative estimate of drug-likeness (QED) is 0.754. The molecule has 0 aliphatic carbocycles. The molecule has 2 aromatic heterocycles.